The number of nitrogens with zero attached hydrogens (tertiary/aromatic N) is 4. The standard InChI is InChI=1S/C20H20Cl2N6O/c1-13-2-5-15(6-3-13)23-18-25-19(24-17-12-14(21)4-7-16(17)22)27-20(26-18)28-8-10-29-11-9-28/h2-7,12H,8-11H2,1H3,(H2,23,24,25,26,27). The molecule has 9 heteroatoms. The Labute approximate surface area is 179 Å². The van der Waals surface area contributed by atoms with E-state index in [4.69, 9.17) is 27.9 Å². The van der Waals surface area contributed by atoms with Gasteiger partial charge in [0.15, 0.2) is 0 Å². The van der Waals surface area contributed by atoms with Gasteiger partial charge in [0.2, 0.25) is 17.8 Å². The maximum Gasteiger partial charge on any atom is 0.233 e. The topological polar surface area (TPSA) is 75.2 Å². The van der Waals surface area contributed by atoms with Crippen LogP contribution in [0.4, 0.5) is 29.2 Å². The normalized spacial score (nSPS) is 14.0. The summed E-state index contributed by atoms with van der Waals surface area (Å²) in [7, 11) is 0. The van der Waals surface area contributed by atoms with Gasteiger partial charge in [-0.3, -0.25) is 0 Å². The molecule has 150 valence electrons. The number of rotatable bonds is 5. The number of aryl methyl sites for hydroxylation is 1. The summed E-state index contributed by atoms with van der Waals surface area (Å²) in [4.78, 5) is 15.7. The van der Waals surface area contributed by atoms with Crippen molar-refractivity contribution < 1.29 is 4.74 Å². The Morgan fingerprint density at radius 2 is 1.59 bits per heavy atom. The molecule has 2 heterocycles. The number of anilines is 5. The maximum absolute atomic E-state index is 6.28. The monoisotopic (exact) mass is 430 g/mol. The van der Waals surface area contributed by atoms with Crippen LogP contribution in [0.5, 0.6) is 0 Å². The summed E-state index contributed by atoms with van der Waals surface area (Å²) in [5.41, 5.74) is 2.69. The van der Waals surface area contributed by atoms with Crippen LogP contribution in [0.1, 0.15) is 5.56 Å². The number of aromatic nitrogens is 3. The number of benzene rings is 2. The summed E-state index contributed by atoms with van der Waals surface area (Å²) in [6, 6.07) is 13.2. The zero-order chi connectivity index (χ0) is 20.2. The Morgan fingerprint density at radius 3 is 2.31 bits per heavy atom. The van der Waals surface area contributed by atoms with Crippen LogP contribution in [0, 0.1) is 6.92 Å². The molecule has 0 saturated carbocycles. The fourth-order valence-corrected chi connectivity index (χ4v) is 3.20. The molecule has 1 aliphatic rings. The van der Waals surface area contributed by atoms with Gasteiger partial charge >= 0.3 is 0 Å². The molecule has 0 amide bonds. The Hall–Kier alpha value is -2.61. The van der Waals surface area contributed by atoms with Gasteiger partial charge < -0.3 is 20.3 Å². The van der Waals surface area contributed by atoms with Crippen LogP contribution in [0.3, 0.4) is 0 Å². The Kier molecular flexibility index (Phi) is 5.99. The van der Waals surface area contributed by atoms with E-state index < -0.39 is 0 Å². The predicted molar refractivity (Wildman–Crippen MR) is 117 cm³/mol. The summed E-state index contributed by atoms with van der Waals surface area (Å²) < 4.78 is 5.44. The zero-order valence-electron chi connectivity index (χ0n) is 15.8. The first-order valence-electron chi connectivity index (χ1n) is 9.21. The quantitative estimate of drug-likeness (QED) is 0.601. The number of hydrogen-bond acceptors (Lipinski definition) is 7. The number of morpholine rings is 1. The fraction of sp³-hybridized carbons (Fsp3) is 0.250. The van der Waals surface area contributed by atoms with Crippen LogP contribution in [0.2, 0.25) is 10.0 Å². The minimum absolute atomic E-state index is 0.375. The van der Waals surface area contributed by atoms with E-state index in [0.717, 1.165) is 5.69 Å². The van der Waals surface area contributed by atoms with Gasteiger partial charge in [-0.15, -0.1) is 0 Å². The highest BCUT2D eigenvalue weighted by atomic mass is 35.5. The third kappa shape index (κ3) is 5.06. The van der Waals surface area contributed by atoms with Gasteiger partial charge in [0, 0.05) is 23.8 Å². The molecule has 1 aromatic heterocycles. The number of hydrogen-bond donors (Lipinski definition) is 2. The number of nitrogens with one attached hydrogen (secondary N) is 2. The van der Waals surface area contributed by atoms with Gasteiger partial charge in [0.05, 0.1) is 23.9 Å². The highest BCUT2D eigenvalue weighted by Crippen LogP contribution is 2.28. The molecule has 2 aromatic carbocycles. The second-order valence-electron chi connectivity index (χ2n) is 6.62. The molecule has 3 aromatic rings. The molecule has 0 radical (unpaired) electrons. The van der Waals surface area contributed by atoms with Crippen molar-refractivity contribution in [2.45, 2.75) is 6.92 Å². The third-order valence-corrected chi connectivity index (χ3v) is 4.96. The highest BCUT2D eigenvalue weighted by molar-refractivity contribution is 6.35. The van der Waals surface area contributed by atoms with Gasteiger partial charge in [0.1, 0.15) is 0 Å². The molecule has 1 aliphatic heterocycles. The van der Waals surface area contributed by atoms with E-state index in [-0.39, 0.29) is 0 Å². The van der Waals surface area contributed by atoms with Crippen LogP contribution in [-0.4, -0.2) is 41.3 Å². The lowest BCUT2D eigenvalue weighted by molar-refractivity contribution is 0.122. The van der Waals surface area contributed by atoms with Crippen LogP contribution in [-0.2, 0) is 4.74 Å². The largest absolute Gasteiger partial charge is 0.378 e. The molecule has 0 bridgehead atoms. The van der Waals surface area contributed by atoms with Crippen molar-refractivity contribution in [2.24, 2.45) is 0 Å². The molecule has 7 nitrogen and oxygen atoms in total. The van der Waals surface area contributed by atoms with Crippen molar-refractivity contribution in [1.29, 1.82) is 0 Å². The molecule has 0 spiro atoms. The van der Waals surface area contributed by atoms with Gasteiger partial charge in [-0.05, 0) is 37.3 Å². The SMILES string of the molecule is Cc1ccc(Nc2nc(Nc3cc(Cl)ccc3Cl)nc(N3CCOCC3)n2)cc1. The van der Waals surface area contributed by atoms with E-state index in [1.807, 2.05) is 31.2 Å². The molecule has 0 aliphatic carbocycles. The Bertz CT molecular complexity index is 993. The molecule has 0 unspecified atom stereocenters. The summed E-state index contributed by atoms with van der Waals surface area (Å²) in [5, 5.41) is 7.49. The van der Waals surface area contributed by atoms with E-state index in [9.17, 15) is 0 Å². The first-order chi connectivity index (χ1) is 14.1. The van der Waals surface area contributed by atoms with Crippen molar-refractivity contribution in [1.82, 2.24) is 15.0 Å². The second-order valence-corrected chi connectivity index (χ2v) is 7.47. The summed E-state index contributed by atoms with van der Waals surface area (Å²) in [6.45, 7) is 4.74. The van der Waals surface area contributed by atoms with E-state index in [2.05, 4.69) is 30.5 Å². The van der Waals surface area contributed by atoms with Gasteiger partial charge in [0.25, 0.3) is 0 Å². The van der Waals surface area contributed by atoms with Gasteiger partial charge in [-0.25, -0.2) is 0 Å². The number of ether oxygens (including phenoxy) is 1. The van der Waals surface area contributed by atoms with E-state index in [1.54, 1.807) is 18.2 Å². The molecular weight excluding hydrogens is 411 g/mol. The smallest absolute Gasteiger partial charge is 0.233 e. The lowest BCUT2D eigenvalue weighted by Crippen LogP contribution is -2.37. The minimum atomic E-state index is 0.375. The summed E-state index contributed by atoms with van der Waals surface area (Å²) in [6.07, 6.45) is 0. The molecule has 1 saturated heterocycles. The second kappa shape index (κ2) is 8.82. The van der Waals surface area contributed by atoms with Gasteiger partial charge in [-0.2, -0.15) is 15.0 Å². The van der Waals surface area contributed by atoms with Crippen LogP contribution in [0.15, 0.2) is 42.5 Å². The summed E-state index contributed by atoms with van der Waals surface area (Å²) >= 11 is 12.4. The average molecular weight is 431 g/mol. The zero-order valence-corrected chi connectivity index (χ0v) is 17.3. The number of halogens is 2. The third-order valence-electron chi connectivity index (χ3n) is 4.40. The van der Waals surface area contributed by atoms with Crippen LogP contribution < -0.4 is 15.5 Å². The lowest BCUT2D eigenvalue weighted by Gasteiger charge is -2.27. The van der Waals surface area contributed by atoms with Crippen LogP contribution in [0.25, 0.3) is 0 Å². The Balaban J connectivity index is 1.67. The van der Waals surface area contributed by atoms with E-state index in [1.165, 1.54) is 5.56 Å². The molecule has 29 heavy (non-hydrogen) atoms. The van der Waals surface area contributed by atoms with E-state index >= 15 is 0 Å². The van der Waals surface area contributed by atoms with E-state index in [0.29, 0.717) is 59.9 Å². The lowest BCUT2D eigenvalue weighted by atomic mass is 10.2. The van der Waals surface area contributed by atoms with Crippen molar-refractivity contribution in [3.63, 3.8) is 0 Å². The molecule has 1 fully saturated rings. The molecular formula is C20H20Cl2N6O. The molecule has 4 rings (SSSR count). The fourth-order valence-electron chi connectivity index (χ4n) is 2.86. The van der Waals surface area contributed by atoms with Crippen molar-refractivity contribution in [3.05, 3.63) is 58.1 Å². The van der Waals surface area contributed by atoms with Crippen molar-refractivity contribution >= 4 is 52.4 Å². The average Bonchev–Trinajstić information content (AvgIpc) is 2.73. The highest BCUT2D eigenvalue weighted by Gasteiger charge is 2.17. The van der Waals surface area contributed by atoms with Crippen molar-refractivity contribution in [3.8, 4) is 0 Å². The first kappa shape index (κ1) is 19.7. The van der Waals surface area contributed by atoms with Crippen molar-refractivity contribution in [2.75, 3.05) is 41.8 Å². The maximum atomic E-state index is 6.28. The first-order valence-corrected chi connectivity index (χ1v) is 9.97. The summed E-state index contributed by atoms with van der Waals surface area (Å²) in [5.74, 6) is 1.38. The predicted octanol–water partition coefficient (Wildman–Crippen LogP) is 4.81. The van der Waals surface area contributed by atoms with Gasteiger partial charge in [-0.1, -0.05) is 40.9 Å². The van der Waals surface area contributed by atoms with Crippen LogP contribution >= 0.6 is 23.2 Å². The molecule has 0 atom stereocenters. The molecule has 2 N–H and O–H groups in total. The minimum Gasteiger partial charge on any atom is -0.378 e. The Morgan fingerprint density at radius 1 is 0.897 bits per heavy atom.